The number of nitrogens with one attached hydrogen (secondary N) is 1. The van der Waals surface area contributed by atoms with E-state index in [1.807, 2.05) is 49.4 Å². The molecule has 0 saturated carbocycles. The van der Waals surface area contributed by atoms with E-state index in [0.29, 0.717) is 13.2 Å². The molecule has 2 aromatic carbocycles. The number of para-hydroxylation sites is 1. The Balaban J connectivity index is 1.56. The Morgan fingerprint density at radius 1 is 1.23 bits per heavy atom. The van der Waals surface area contributed by atoms with Crippen molar-refractivity contribution in [2.24, 2.45) is 0 Å². The molecular weight excluding hydrogens is 328 g/mol. The van der Waals surface area contributed by atoms with Gasteiger partial charge in [0.05, 0.1) is 32.4 Å². The highest BCUT2D eigenvalue weighted by Gasteiger charge is 2.24. The molecule has 1 amide bonds. The van der Waals surface area contributed by atoms with Gasteiger partial charge in [-0.2, -0.15) is 0 Å². The number of hydrogen-bond acceptors (Lipinski definition) is 4. The van der Waals surface area contributed by atoms with Gasteiger partial charge in [0, 0.05) is 18.7 Å². The highest BCUT2D eigenvalue weighted by Crippen LogP contribution is 2.25. The minimum absolute atomic E-state index is 0.0112. The third-order valence-corrected chi connectivity index (χ3v) is 4.67. The van der Waals surface area contributed by atoms with Crippen molar-refractivity contribution in [3.05, 3.63) is 65.7 Å². The van der Waals surface area contributed by atoms with E-state index in [0.717, 1.165) is 30.0 Å². The number of ether oxygens (including phenoxy) is 2. The number of hydrogen-bond donors (Lipinski definition) is 1. The number of carbonyl (C=O) groups excluding carboxylic acids is 1. The van der Waals surface area contributed by atoms with Gasteiger partial charge in [0.2, 0.25) is 5.91 Å². The van der Waals surface area contributed by atoms with Gasteiger partial charge in [0.15, 0.2) is 0 Å². The monoisotopic (exact) mass is 354 g/mol. The Labute approximate surface area is 154 Å². The lowest BCUT2D eigenvalue weighted by atomic mass is 10.1. The average molecular weight is 354 g/mol. The first-order valence-electron chi connectivity index (χ1n) is 8.98. The van der Waals surface area contributed by atoms with Crippen LogP contribution in [0.25, 0.3) is 0 Å². The van der Waals surface area contributed by atoms with E-state index in [-0.39, 0.29) is 18.1 Å². The van der Waals surface area contributed by atoms with Gasteiger partial charge in [-0.15, -0.1) is 0 Å². The number of morpholine rings is 1. The molecule has 1 heterocycles. The second kappa shape index (κ2) is 8.83. The molecule has 26 heavy (non-hydrogen) atoms. The molecule has 1 aliphatic rings. The van der Waals surface area contributed by atoms with Crippen LogP contribution in [0, 0.1) is 0 Å². The Morgan fingerprint density at radius 2 is 1.96 bits per heavy atom. The summed E-state index contributed by atoms with van der Waals surface area (Å²) in [5.41, 5.74) is 2.13. The Kier molecular flexibility index (Phi) is 6.26. The zero-order chi connectivity index (χ0) is 18.4. The van der Waals surface area contributed by atoms with Gasteiger partial charge < -0.3 is 14.8 Å². The van der Waals surface area contributed by atoms with Crippen molar-refractivity contribution in [1.82, 2.24) is 10.2 Å². The number of nitrogens with zero attached hydrogens (tertiary/aromatic N) is 1. The smallest absolute Gasteiger partial charge is 0.234 e. The molecule has 138 valence electrons. The van der Waals surface area contributed by atoms with Crippen LogP contribution in [0.5, 0.6) is 5.75 Å². The van der Waals surface area contributed by atoms with E-state index in [1.54, 1.807) is 7.11 Å². The predicted molar refractivity (Wildman–Crippen MR) is 101 cm³/mol. The number of rotatable bonds is 6. The van der Waals surface area contributed by atoms with Crippen molar-refractivity contribution >= 4 is 5.91 Å². The van der Waals surface area contributed by atoms with Gasteiger partial charge in [-0.3, -0.25) is 9.69 Å². The number of benzene rings is 2. The molecule has 0 aliphatic carbocycles. The lowest BCUT2D eigenvalue weighted by Crippen LogP contribution is -2.44. The van der Waals surface area contributed by atoms with Gasteiger partial charge in [0.1, 0.15) is 5.75 Å². The molecule has 3 rings (SSSR count). The molecule has 5 nitrogen and oxygen atoms in total. The quantitative estimate of drug-likeness (QED) is 0.867. The van der Waals surface area contributed by atoms with Crippen LogP contribution in [0.1, 0.15) is 30.2 Å². The topological polar surface area (TPSA) is 50.8 Å². The molecule has 1 fully saturated rings. The standard InChI is InChI=1S/C21H26N2O3/c1-16(18-10-6-7-11-19(18)25-2)22-21(24)15-23-12-13-26-20(14-23)17-8-4-3-5-9-17/h3-11,16,20H,12-15H2,1-2H3,(H,22,24). The van der Waals surface area contributed by atoms with Crippen molar-refractivity contribution in [2.75, 3.05) is 33.4 Å². The zero-order valence-corrected chi connectivity index (χ0v) is 15.4. The molecule has 2 aromatic rings. The summed E-state index contributed by atoms with van der Waals surface area (Å²) < 4.78 is 11.2. The van der Waals surface area contributed by atoms with Crippen molar-refractivity contribution < 1.29 is 14.3 Å². The van der Waals surface area contributed by atoms with Crippen LogP contribution in [0.3, 0.4) is 0 Å². The van der Waals surface area contributed by atoms with Crippen molar-refractivity contribution in [2.45, 2.75) is 19.1 Å². The minimum atomic E-state index is -0.107. The highest BCUT2D eigenvalue weighted by molar-refractivity contribution is 5.78. The molecule has 2 atom stereocenters. The fourth-order valence-corrected chi connectivity index (χ4v) is 3.31. The maximum atomic E-state index is 12.5. The number of amides is 1. The van der Waals surface area contributed by atoms with Crippen LogP contribution in [-0.4, -0.2) is 44.2 Å². The Bertz CT molecular complexity index is 720. The number of methoxy groups -OCH3 is 1. The van der Waals surface area contributed by atoms with Crippen LogP contribution in [0.2, 0.25) is 0 Å². The van der Waals surface area contributed by atoms with Crippen LogP contribution in [-0.2, 0) is 9.53 Å². The Hall–Kier alpha value is -2.37. The van der Waals surface area contributed by atoms with Crippen LogP contribution in [0.4, 0.5) is 0 Å². The van der Waals surface area contributed by atoms with E-state index in [4.69, 9.17) is 9.47 Å². The summed E-state index contributed by atoms with van der Waals surface area (Å²) in [4.78, 5) is 14.6. The third-order valence-electron chi connectivity index (χ3n) is 4.67. The fraction of sp³-hybridized carbons (Fsp3) is 0.381. The van der Waals surface area contributed by atoms with Gasteiger partial charge >= 0.3 is 0 Å². The summed E-state index contributed by atoms with van der Waals surface area (Å²) in [6.45, 7) is 4.46. The first kappa shape index (κ1) is 18.4. The van der Waals surface area contributed by atoms with Crippen LogP contribution < -0.4 is 10.1 Å². The third kappa shape index (κ3) is 4.62. The average Bonchev–Trinajstić information content (AvgIpc) is 2.68. The van der Waals surface area contributed by atoms with Gasteiger partial charge in [-0.1, -0.05) is 48.5 Å². The molecule has 5 heteroatoms. The molecule has 1 aliphatic heterocycles. The highest BCUT2D eigenvalue weighted by atomic mass is 16.5. The van der Waals surface area contributed by atoms with Crippen molar-refractivity contribution in [3.63, 3.8) is 0 Å². The van der Waals surface area contributed by atoms with Crippen molar-refractivity contribution in [3.8, 4) is 5.75 Å². The maximum Gasteiger partial charge on any atom is 0.234 e. The van der Waals surface area contributed by atoms with Gasteiger partial charge in [0.25, 0.3) is 0 Å². The summed E-state index contributed by atoms with van der Waals surface area (Å²) >= 11 is 0. The first-order valence-corrected chi connectivity index (χ1v) is 8.98. The lowest BCUT2D eigenvalue weighted by Gasteiger charge is -2.33. The lowest BCUT2D eigenvalue weighted by molar-refractivity contribution is -0.125. The Morgan fingerprint density at radius 3 is 2.73 bits per heavy atom. The molecular formula is C21H26N2O3. The summed E-state index contributed by atoms with van der Waals surface area (Å²) in [6, 6.07) is 17.8. The largest absolute Gasteiger partial charge is 0.496 e. The predicted octanol–water partition coefficient (Wildman–Crippen LogP) is 2.95. The summed E-state index contributed by atoms with van der Waals surface area (Å²) in [6.07, 6.45) is 0.0180. The molecule has 2 unspecified atom stereocenters. The number of carbonyl (C=O) groups is 1. The zero-order valence-electron chi connectivity index (χ0n) is 15.4. The summed E-state index contributed by atoms with van der Waals surface area (Å²) in [7, 11) is 1.64. The maximum absolute atomic E-state index is 12.5. The van der Waals surface area contributed by atoms with Crippen molar-refractivity contribution in [1.29, 1.82) is 0 Å². The molecule has 0 aromatic heterocycles. The van der Waals surface area contributed by atoms with E-state index in [9.17, 15) is 4.79 Å². The summed E-state index contributed by atoms with van der Waals surface area (Å²) in [5.74, 6) is 0.799. The van der Waals surface area contributed by atoms with E-state index in [2.05, 4.69) is 22.3 Å². The second-order valence-electron chi connectivity index (χ2n) is 6.54. The van der Waals surface area contributed by atoms with Crippen LogP contribution in [0.15, 0.2) is 54.6 Å². The minimum Gasteiger partial charge on any atom is -0.496 e. The van der Waals surface area contributed by atoms with E-state index >= 15 is 0 Å². The fourth-order valence-electron chi connectivity index (χ4n) is 3.31. The van der Waals surface area contributed by atoms with Crippen LogP contribution >= 0.6 is 0 Å². The van der Waals surface area contributed by atoms with Gasteiger partial charge in [-0.05, 0) is 18.6 Å². The van der Waals surface area contributed by atoms with E-state index in [1.165, 1.54) is 0 Å². The van der Waals surface area contributed by atoms with E-state index < -0.39 is 0 Å². The van der Waals surface area contributed by atoms with Gasteiger partial charge in [-0.25, -0.2) is 0 Å². The molecule has 0 spiro atoms. The summed E-state index contributed by atoms with van der Waals surface area (Å²) in [5, 5.41) is 3.07. The molecule has 1 N–H and O–H groups in total. The molecule has 0 bridgehead atoms. The first-order chi connectivity index (χ1) is 12.7. The molecule has 0 radical (unpaired) electrons. The second-order valence-corrected chi connectivity index (χ2v) is 6.54. The SMILES string of the molecule is COc1ccccc1C(C)NC(=O)CN1CCOC(c2ccccc2)C1. The normalized spacial score (nSPS) is 18.9. The molecule has 1 saturated heterocycles.